The van der Waals surface area contributed by atoms with E-state index in [4.69, 9.17) is 26.4 Å². The molecule has 0 fully saturated rings. The number of benzene rings is 2. The summed E-state index contributed by atoms with van der Waals surface area (Å²) in [6.45, 7) is 3.78. The average Bonchev–Trinajstić information content (AvgIpc) is 3.60. The lowest BCUT2D eigenvalue weighted by molar-refractivity contribution is -0.138. The highest BCUT2D eigenvalue weighted by Crippen LogP contribution is 2.56. The largest absolute Gasteiger partial charge is 0.497 e. The first-order valence-corrected chi connectivity index (χ1v) is 16.0. The van der Waals surface area contributed by atoms with Crippen LogP contribution in [0, 0.1) is 0 Å². The van der Waals surface area contributed by atoms with Crippen molar-refractivity contribution in [2.45, 2.75) is 23.7 Å². The number of ether oxygens (including phenoxy) is 3. The smallest absolute Gasteiger partial charge is 0.346 e. The van der Waals surface area contributed by atoms with Crippen molar-refractivity contribution < 1.29 is 28.6 Å². The summed E-state index contributed by atoms with van der Waals surface area (Å²) in [5, 5.41) is 0. The minimum atomic E-state index is -0.912. The Morgan fingerprint density at radius 1 is 1.00 bits per heavy atom. The molecular weight excluding hydrogens is 621 g/mol. The molecule has 1 amide bonds. The molecule has 0 saturated carbocycles. The molecule has 3 heterocycles. The highest BCUT2D eigenvalue weighted by molar-refractivity contribution is 8.29. The fourth-order valence-corrected chi connectivity index (χ4v) is 9.42. The third-order valence-corrected chi connectivity index (χ3v) is 11.9. The van der Waals surface area contributed by atoms with E-state index in [1.165, 1.54) is 26.0 Å². The number of thiocarbonyl (C=S) groups is 1. The highest BCUT2D eigenvalue weighted by atomic mass is 32.2. The monoisotopic (exact) mass is 644 g/mol. The lowest BCUT2D eigenvalue weighted by Gasteiger charge is -2.45. The highest BCUT2D eigenvalue weighted by Gasteiger charge is 2.46. The van der Waals surface area contributed by atoms with E-state index in [0.717, 1.165) is 38.1 Å². The number of fused-ring (bicyclic) bond motifs is 2. The number of hydrogen-bond acceptors (Lipinski definition) is 12. The van der Waals surface area contributed by atoms with Crippen LogP contribution in [0.25, 0.3) is 15.8 Å². The van der Waals surface area contributed by atoms with E-state index < -0.39 is 17.5 Å². The van der Waals surface area contributed by atoms with Gasteiger partial charge in [-0.3, -0.25) is 4.79 Å². The summed E-state index contributed by atoms with van der Waals surface area (Å²) in [5.41, 5.74) is 1.95. The number of hydrogen-bond donors (Lipinski definition) is 0. The summed E-state index contributed by atoms with van der Waals surface area (Å²) in [7, 11) is 4.07. The molecule has 0 atom stereocenters. The molecule has 0 N–H and O–H groups in total. The van der Waals surface area contributed by atoms with E-state index in [2.05, 4.69) is 4.98 Å². The van der Waals surface area contributed by atoms with Gasteiger partial charge in [0.1, 0.15) is 15.6 Å². The van der Waals surface area contributed by atoms with Crippen molar-refractivity contribution in [2.24, 2.45) is 0 Å². The molecule has 2 aliphatic heterocycles. The Morgan fingerprint density at radius 2 is 1.66 bits per heavy atom. The lowest BCUT2D eigenvalue weighted by Crippen LogP contribution is -2.56. The number of esters is 2. The van der Waals surface area contributed by atoms with Gasteiger partial charge in [-0.15, -0.1) is 11.3 Å². The number of carbonyl (C=O) groups is 3. The SMILES string of the molecule is COC(=O)C1=C(C(=O)OC)SC(=C2C(=S)C(C)(C)N(C(=O)CSc3nc4ccccc4s3)c3ccc(OC)cc32)S1. The quantitative estimate of drug-likeness (QED) is 0.131. The zero-order valence-corrected chi connectivity index (χ0v) is 26.7. The number of thiazole rings is 1. The van der Waals surface area contributed by atoms with Crippen LogP contribution in [-0.4, -0.2) is 60.3 Å². The predicted molar refractivity (Wildman–Crippen MR) is 171 cm³/mol. The van der Waals surface area contributed by atoms with Crippen molar-refractivity contribution >= 4 is 103 Å². The van der Waals surface area contributed by atoms with E-state index in [1.807, 2.05) is 50.2 Å². The van der Waals surface area contributed by atoms with Crippen LogP contribution >= 0.6 is 58.8 Å². The first kappa shape index (κ1) is 29.6. The molecule has 0 spiro atoms. The number of rotatable bonds is 6. The van der Waals surface area contributed by atoms with Crippen molar-refractivity contribution in [3.05, 3.63) is 62.1 Å². The van der Waals surface area contributed by atoms with Crippen LogP contribution in [-0.2, 0) is 23.9 Å². The molecule has 41 heavy (non-hydrogen) atoms. The third kappa shape index (κ3) is 5.41. The molecule has 1 aromatic heterocycles. The standard InChI is InChI=1S/C28H24N2O6S5/c1-28(2)23(37)20(26-40-21(24(32)35-4)22(41-26)25(33)36-5)15-12-14(34-3)10-11-17(15)30(28)19(31)13-38-27-29-16-8-6-7-9-18(16)39-27/h6-12H,13H2,1-5H3. The van der Waals surface area contributed by atoms with Crippen molar-refractivity contribution in [3.63, 3.8) is 0 Å². The average molecular weight is 645 g/mol. The minimum Gasteiger partial charge on any atom is -0.497 e. The van der Waals surface area contributed by atoms with Crippen molar-refractivity contribution in [3.8, 4) is 5.75 Å². The van der Waals surface area contributed by atoms with Crippen LogP contribution in [0.4, 0.5) is 5.69 Å². The van der Waals surface area contributed by atoms with Crippen LogP contribution in [0.3, 0.4) is 0 Å². The molecule has 3 aromatic rings. The topological polar surface area (TPSA) is 95.0 Å². The number of para-hydroxylation sites is 1. The van der Waals surface area contributed by atoms with Gasteiger partial charge in [0.05, 0.1) is 57.6 Å². The lowest BCUT2D eigenvalue weighted by atomic mass is 9.83. The van der Waals surface area contributed by atoms with Crippen molar-refractivity contribution in [1.29, 1.82) is 0 Å². The van der Waals surface area contributed by atoms with Gasteiger partial charge in [-0.05, 0) is 44.2 Å². The molecule has 13 heteroatoms. The molecule has 0 bridgehead atoms. The van der Waals surface area contributed by atoms with E-state index in [1.54, 1.807) is 29.4 Å². The van der Waals surface area contributed by atoms with Gasteiger partial charge in [-0.25, -0.2) is 14.6 Å². The molecule has 2 aliphatic rings. The zero-order chi connectivity index (χ0) is 29.5. The molecule has 0 radical (unpaired) electrons. The molecule has 0 saturated heterocycles. The summed E-state index contributed by atoms with van der Waals surface area (Å²) < 4.78 is 17.9. The maximum atomic E-state index is 13.9. The molecule has 8 nitrogen and oxygen atoms in total. The molecule has 0 unspecified atom stereocenters. The summed E-state index contributed by atoms with van der Waals surface area (Å²) in [6.07, 6.45) is 0. The van der Waals surface area contributed by atoms with Gasteiger partial charge in [0, 0.05) is 11.1 Å². The Labute approximate surface area is 258 Å². The van der Waals surface area contributed by atoms with Crippen LogP contribution in [0.2, 0.25) is 0 Å². The number of thioether (sulfide) groups is 3. The number of amides is 1. The van der Waals surface area contributed by atoms with Gasteiger partial charge in [0.2, 0.25) is 5.91 Å². The van der Waals surface area contributed by atoms with E-state index in [9.17, 15) is 14.4 Å². The maximum Gasteiger partial charge on any atom is 0.346 e. The Bertz CT molecular complexity index is 1610. The second-order valence-corrected chi connectivity index (χ2v) is 14.2. The number of carbonyl (C=O) groups excluding carboxylic acids is 3. The number of anilines is 1. The van der Waals surface area contributed by atoms with E-state index in [-0.39, 0.29) is 21.5 Å². The maximum absolute atomic E-state index is 13.9. The second kappa shape index (κ2) is 11.8. The molecule has 5 rings (SSSR count). The van der Waals surface area contributed by atoms with Crippen LogP contribution in [0.15, 0.2) is 60.9 Å². The van der Waals surface area contributed by atoms with Crippen LogP contribution in [0.5, 0.6) is 5.75 Å². The van der Waals surface area contributed by atoms with E-state index >= 15 is 0 Å². The van der Waals surface area contributed by atoms with Crippen molar-refractivity contribution in [2.75, 3.05) is 32.0 Å². The Hall–Kier alpha value is -2.84. The van der Waals surface area contributed by atoms with Gasteiger partial charge in [0.25, 0.3) is 0 Å². The van der Waals surface area contributed by atoms with Gasteiger partial charge >= 0.3 is 11.9 Å². The fraction of sp³-hybridized carbons (Fsp3) is 0.250. The molecule has 212 valence electrons. The van der Waals surface area contributed by atoms with Gasteiger partial charge < -0.3 is 19.1 Å². The Kier molecular flexibility index (Phi) is 8.53. The third-order valence-electron chi connectivity index (χ3n) is 6.44. The molecular formula is C28H24N2O6S5. The zero-order valence-electron chi connectivity index (χ0n) is 22.6. The van der Waals surface area contributed by atoms with Crippen LogP contribution < -0.4 is 9.64 Å². The normalized spacial score (nSPS) is 16.2. The summed E-state index contributed by atoms with van der Waals surface area (Å²) in [6, 6.07) is 13.3. The first-order chi connectivity index (χ1) is 19.6. The number of methoxy groups -OCH3 is 3. The second-order valence-electron chi connectivity index (χ2n) is 9.24. The number of aromatic nitrogens is 1. The van der Waals surface area contributed by atoms with Crippen LogP contribution in [0.1, 0.15) is 19.4 Å². The van der Waals surface area contributed by atoms with Gasteiger partial charge in [-0.1, -0.05) is 59.6 Å². The minimum absolute atomic E-state index is 0.127. The molecule has 2 aromatic carbocycles. The first-order valence-electron chi connectivity index (χ1n) is 12.2. The summed E-state index contributed by atoms with van der Waals surface area (Å²) in [5.74, 6) is -0.689. The Morgan fingerprint density at radius 3 is 2.27 bits per heavy atom. The summed E-state index contributed by atoms with van der Waals surface area (Å²) in [4.78, 5) is 46.1. The number of nitrogens with zero attached hydrogens (tertiary/aromatic N) is 2. The van der Waals surface area contributed by atoms with E-state index in [0.29, 0.717) is 31.7 Å². The van der Waals surface area contributed by atoms with Crippen molar-refractivity contribution in [1.82, 2.24) is 4.98 Å². The Balaban J connectivity index is 1.55. The van der Waals surface area contributed by atoms with Gasteiger partial charge in [-0.2, -0.15) is 0 Å². The summed E-state index contributed by atoms with van der Waals surface area (Å²) >= 11 is 11.2. The fourth-order valence-electron chi connectivity index (χ4n) is 4.47. The predicted octanol–water partition coefficient (Wildman–Crippen LogP) is 6.30. The molecule has 0 aliphatic carbocycles. The van der Waals surface area contributed by atoms with Gasteiger partial charge in [0.15, 0.2) is 4.34 Å².